The van der Waals surface area contributed by atoms with E-state index >= 15 is 0 Å². The predicted molar refractivity (Wildman–Crippen MR) is 72.2 cm³/mol. The van der Waals surface area contributed by atoms with Crippen LogP contribution in [-0.2, 0) is 9.31 Å². The molecule has 0 unspecified atom stereocenters. The molecule has 1 aromatic rings. The summed E-state index contributed by atoms with van der Waals surface area (Å²) in [5.74, 6) is -0.472. The summed E-state index contributed by atoms with van der Waals surface area (Å²) in [7, 11) is -0.745. The van der Waals surface area contributed by atoms with Crippen molar-refractivity contribution in [3.05, 3.63) is 29.1 Å². The van der Waals surface area contributed by atoms with Crippen molar-refractivity contribution in [1.29, 1.82) is 0 Å². The third kappa shape index (κ3) is 2.32. The van der Waals surface area contributed by atoms with Crippen LogP contribution in [-0.4, -0.2) is 24.6 Å². The molecule has 0 radical (unpaired) electrons. The van der Waals surface area contributed by atoms with Gasteiger partial charge in [-0.15, -0.1) is 0 Å². The van der Waals surface area contributed by atoms with Gasteiger partial charge in [-0.25, -0.2) is 4.39 Å². The molecule has 0 aliphatic carbocycles. The second kappa shape index (κ2) is 4.42. The lowest BCUT2D eigenvalue weighted by Gasteiger charge is -2.32. The lowest BCUT2D eigenvalue weighted by Crippen LogP contribution is -2.41. The SMILES string of the molecule is Cc1cc(C=O)cc(F)c1B1OC(C)(C)C(C)(C)O1. The van der Waals surface area contributed by atoms with Crippen molar-refractivity contribution in [1.82, 2.24) is 0 Å². The quantitative estimate of drug-likeness (QED) is 0.607. The maximum Gasteiger partial charge on any atom is 0.498 e. The fourth-order valence-electron chi connectivity index (χ4n) is 2.11. The molecule has 1 aliphatic heterocycles. The first-order valence-electron chi connectivity index (χ1n) is 6.29. The van der Waals surface area contributed by atoms with Crippen LogP contribution < -0.4 is 5.46 Å². The fraction of sp³-hybridized carbons (Fsp3) is 0.500. The lowest BCUT2D eigenvalue weighted by molar-refractivity contribution is 0.00578. The van der Waals surface area contributed by atoms with Crippen LogP contribution >= 0.6 is 0 Å². The van der Waals surface area contributed by atoms with E-state index in [1.165, 1.54) is 6.07 Å². The molecule has 0 aromatic heterocycles. The first-order chi connectivity index (χ1) is 8.68. The average Bonchev–Trinajstić information content (AvgIpc) is 2.46. The summed E-state index contributed by atoms with van der Waals surface area (Å²) in [5.41, 5.74) is 0.305. The summed E-state index contributed by atoms with van der Waals surface area (Å²) in [6.45, 7) is 9.41. The third-order valence-electron chi connectivity index (χ3n) is 3.98. The van der Waals surface area contributed by atoms with Gasteiger partial charge in [0.25, 0.3) is 0 Å². The van der Waals surface area contributed by atoms with E-state index in [0.29, 0.717) is 22.9 Å². The molecule has 0 N–H and O–H groups in total. The Hall–Kier alpha value is -1.20. The van der Waals surface area contributed by atoms with E-state index in [1.54, 1.807) is 13.0 Å². The Labute approximate surface area is 113 Å². The van der Waals surface area contributed by atoms with Gasteiger partial charge in [-0.05, 0) is 52.3 Å². The van der Waals surface area contributed by atoms with Crippen molar-refractivity contribution in [3.8, 4) is 0 Å². The van der Waals surface area contributed by atoms with Gasteiger partial charge in [0.05, 0.1) is 11.2 Å². The molecule has 1 heterocycles. The van der Waals surface area contributed by atoms with Crippen LogP contribution in [0, 0.1) is 12.7 Å². The molecule has 102 valence electrons. The number of carbonyl (C=O) groups excluding carboxylic acids is 1. The molecule has 0 saturated carbocycles. The van der Waals surface area contributed by atoms with Gasteiger partial charge in [-0.2, -0.15) is 0 Å². The molecule has 19 heavy (non-hydrogen) atoms. The Balaban J connectivity index is 2.43. The Kier molecular flexibility index (Phi) is 3.31. The average molecular weight is 264 g/mol. The minimum atomic E-state index is -0.745. The summed E-state index contributed by atoms with van der Waals surface area (Å²) in [5, 5.41) is 0. The van der Waals surface area contributed by atoms with Crippen LogP contribution in [0.5, 0.6) is 0 Å². The van der Waals surface area contributed by atoms with E-state index < -0.39 is 24.1 Å². The van der Waals surface area contributed by atoms with Crippen molar-refractivity contribution >= 4 is 18.9 Å². The number of hydrogen-bond donors (Lipinski definition) is 0. The van der Waals surface area contributed by atoms with Crippen LogP contribution in [0.25, 0.3) is 0 Å². The fourth-order valence-corrected chi connectivity index (χ4v) is 2.11. The summed E-state index contributed by atoms with van der Waals surface area (Å²) in [6, 6.07) is 2.84. The Morgan fingerprint density at radius 2 is 1.68 bits per heavy atom. The van der Waals surface area contributed by atoms with Crippen LogP contribution in [0.3, 0.4) is 0 Å². The molecule has 5 heteroatoms. The second-order valence-electron chi connectivity index (χ2n) is 5.94. The summed E-state index contributed by atoms with van der Waals surface area (Å²) in [6.07, 6.45) is 0.629. The van der Waals surface area contributed by atoms with Crippen LogP contribution in [0.2, 0.25) is 0 Å². The van der Waals surface area contributed by atoms with Gasteiger partial charge in [0.2, 0.25) is 0 Å². The largest absolute Gasteiger partial charge is 0.498 e. The van der Waals surface area contributed by atoms with Crippen LogP contribution in [0.15, 0.2) is 12.1 Å². The Bertz CT molecular complexity index is 486. The molecule has 1 saturated heterocycles. The molecule has 1 aromatic carbocycles. The molecule has 1 fully saturated rings. The number of aldehydes is 1. The number of rotatable bonds is 2. The smallest absolute Gasteiger partial charge is 0.399 e. The first kappa shape index (κ1) is 14.2. The van der Waals surface area contributed by atoms with Gasteiger partial charge in [0, 0.05) is 11.0 Å². The second-order valence-corrected chi connectivity index (χ2v) is 5.94. The van der Waals surface area contributed by atoms with Crippen molar-refractivity contribution in [2.45, 2.75) is 45.8 Å². The minimum Gasteiger partial charge on any atom is -0.399 e. The van der Waals surface area contributed by atoms with E-state index in [9.17, 15) is 9.18 Å². The maximum absolute atomic E-state index is 14.1. The van der Waals surface area contributed by atoms with Gasteiger partial charge in [0.1, 0.15) is 12.1 Å². The minimum absolute atomic E-state index is 0.315. The topological polar surface area (TPSA) is 35.5 Å². The standard InChI is InChI=1S/C14H18BFO3/c1-9-6-10(8-17)7-11(16)12(9)15-18-13(2,3)14(4,5)19-15/h6-8H,1-5H3. The van der Waals surface area contributed by atoms with Crippen molar-refractivity contribution in [3.63, 3.8) is 0 Å². The highest BCUT2D eigenvalue weighted by Gasteiger charge is 2.52. The number of aryl methyl sites for hydroxylation is 1. The predicted octanol–water partition coefficient (Wildman–Crippen LogP) is 2.25. The number of carbonyl (C=O) groups is 1. The van der Waals surface area contributed by atoms with Crippen molar-refractivity contribution in [2.24, 2.45) is 0 Å². The van der Waals surface area contributed by atoms with Crippen LogP contribution in [0.4, 0.5) is 4.39 Å². The molecule has 0 atom stereocenters. The van der Waals surface area contributed by atoms with Crippen LogP contribution in [0.1, 0.15) is 43.6 Å². The van der Waals surface area contributed by atoms with Crippen molar-refractivity contribution < 1.29 is 18.5 Å². The zero-order valence-electron chi connectivity index (χ0n) is 11.9. The van der Waals surface area contributed by atoms with E-state index in [0.717, 1.165) is 0 Å². The number of hydrogen-bond acceptors (Lipinski definition) is 3. The van der Waals surface area contributed by atoms with Gasteiger partial charge in [-0.3, -0.25) is 4.79 Å². The van der Waals surface area contributed by atoms with Gasteiger partial charge in [-0.1, -0.05) is 0 Å². The zero-order chi connectivity index (χ0) is 14.4. The molecule has 0 spiro atoms. The highest BCUT2D eigenvalue weighted by molar-refractivity contribution is 6.62. The third-order valence-corrected chi connectivity index (χ3v) is 3.98. The Morgan fingerprint density at radius 3 is 2.11 bits per heavy atom. The van der Waals surface area contributed by atoms with E-state index in [2.05, 4.69) is 0 Å². The molecule has 2 rings (SSSR count). The van der Waals surface area contributed by atoms with Gasteiger partial charge in [0.15, 0.2) is 0 Å². The summed E-state index contributed by atoms with van der Waals surface area (Å²) >= 11 is 0. The van der Waals surface area contributed by atoms with E-state index in [1.807, 2.05) is 27.7 Å². The molecular weight excluding hydrogens is 246 g/mol. The first-order valence-corrected chi connectivity index (χ1v) is 6.29. The summed E-state index contributed by atoms with van der Waals surface area (Å²) in [4.78, 5) is 10.7. The molecule has 1 aliphatic rings. The van der Waals surface area contributed by atoms with E-state index in [-0.39, 0.29) is 0 Å². The number of benzene rings is 1. The highest BCUT2D eigenvalue weighted by atomic mass is 19.1. The molecule has 0 bridgehead atoms. The van der Waals surface area contributed by atoms with E-state index in [4.69, 9.17) is 9.31 Å². The normalized spacial score (nSPS) is 20.6. The molecule has 0 amide bonds. The molecule has 3 nitrogen and oxygen atoms in total. The van der Waals surface area contributed by atoms with Gasteiger partial charge >= 0.3 is 7.12 Å². The monoisotopic (exact) mass is 264 g/mol. The highest BCUT2D eigenvalue weighted by Crippen LogP contribution is 2.36. The zero-order valence-corrected chi connectivity index (χ0v) is 11.9. The lowest BCUT2D eigenvalue weighted by atomic mass is 9.75. The van der Waals surface area contributed by atoms with Crippen molar-refractivity contribution in [2.75, 3.05) is 0 Å². The molecular formula is C14H18BFO3. The number of halogens is 1. The maximum atomic E-state index is 14.1. The Morgan fingerprint density at radius 1 is 1.16 bits per heavy atom. The summed E-state index contributed by atoms with van der Waals surface area (Å²) < 4.78 is 25.8. The van der Waals surface area contributed by atoms with Gasteiger partial charge < -0.3 is 9.31 Å².